The van der Waals surface area contributed by atoms with Crippen molar-refractivity contribution in [2.24, 2.45) is 0 Å². The van der Waals surface area contributed by atoms with E-state index in [4.69, 9.17) is 5.26 Å². The summed E-state index contributed by atoms with van der Waals surface area (Å²) in [7, 11) is 0. The molecule has 2 aromatic rings. The van der Waals surface area contributed by atoms with Gasteiger partial charge in [0.15, 0.2) is 0 Å². The second-order valence-corrected chi connectivity index (χ2v) is 4.54. The molecule has 18 heavy (non-hydrogen) atoms. The van der Waals surface area contributed by atoms with E-state index in [1.165, 1.54) is 17.0 Å². The van der Waals surface area contributed by atoms with Crippen LogP contribution in [0.1, 0.15) is 28.1 Å². The van der Waals surface area contributed by atoms with Crippen LogP contribution < -0.4 is 5.43 Å². The lowest BCUT2D eigenvalue weighted by Gasteiger charge is -2.14. The van der Waals surface area contributed by atoms with Crippen molar-refractivity contribution < 1.29 is 0 Å². The zero-order valence-electron chi connectivity index (χ0n) is 11.0. The predicted octanol–water partition coefficient (Wildman–Crippen LogP) is 3.03. The van der Waals surface area contributed by atoms with Gasteiger partial charge in [-0.2, -0.15) is 5.26 Å². The van der Waals surface area contributed by atoms with Crippen LogP contribution in [0.4, 0.5) is 0 Å². The number of hydrogen-bond acceptors (Lipinski definition) is 2. The summed E-state index contributed by atoms with van der Waals surface area (Å²) in [6.45, 7) is 6.94. The first-order chi connectivity index (χ1) is 8.61. The van der Waals surface area contributed by atoms with Gasteiger partial charge in [0.2, 0.25) is 0 Å². The Bertz CT molecular complexity index is 583. The first-order valence-electron chi connectivity index (χ1n) is 6.00. The topological polar surface area (TPSA) is 40.8 Å². The van der Waals surface area contributed by atoms with Crippen molar-refractivity contribution in [3.05, 3.63) is 58.4 Å². The van der Waals surface area contributed by atoms with Gasteiger partial charge in [-0.3, -0.25) is 4.68 Å². The Morgan fingerprint density at radius 1 is 1.11 bits per heavy atom. The first kappa shape index (κ1) is 12.3. The van der Waals surface area contributed by atoms with Crippen LogP contribution in [0.25, 0.3) is 0 Å². The molecule has 0 saturated heterocycles. The van der Waals surface area contributed by atoms with Crippen molar-refractivity contribution in [1.82, 2.24) is 4.68 Å². The Morgan fingerprint density at radius 2 is 1.78 bits per heavy atom. The van der Waals surface area contributed by atoms with E-state index in [0.717, 1.165) is 12.1 Å². The van der Waals surface area contributed by atoms with E-state index in [2.05, 4.69) is 42.2 Å². The van der Waals surface area contributed by atoms with Crippen LogP contribution in [0.2, 0.25) is 0 Å². The van der Waals surface area contributed by atoms with Crippen molar-refractivity contribution in [1.29, 1.82) is 5.26 Å². The van der Waals surface area contributed by atoms with Crippen molar-refractivity contribution in [3.63, 3.8) is 0 Å². The monoisotopic (exact) mass is 239 g/mol. The summed E-state index contributed by atoms with van der Waals surface area (Å²) in [6, 6.07) is 12.1. The molecule has 0 saturated carbocycles. The number of nitriles is 1. The fraction of sp³-hybridized carbons (Fsp3) is 0.267. The number of nitrogens with zero attached hydrogens (tertiary/aromatic N) is 2. The van der Waals surface area contributed by atoms with E-state index in [0.29, 0.717) is 5.56 Å². The van der Waals surface area contributed by atoms with E-state index in [1.54, 1.807) is 0 Å². The zero-order valence-corrected chi connectivity index (χ0v) is 11.0. The highest BCUT2D eigenvalue weighted by Crippen LogP contribution is 2.12. The van der Waals surface area contributed by atoms with Crippen LogP contribution in [-0.4, -0.2) is 4.68 Å². The summed E-state index contributed by atoms with van der Waals surface area (Å²) in [6.07, 6.45) is 0. The normalized spacial score (nSPS) is 10.1. The summed E-state index contributed by atoms with van der Waals surface area (Å²) in [5, 5.41) is 8.84. The first-order valence-corrected chi connectivity index (χ1v) is 6.00. The van der Waals surface area contributed by atoms with Gasteiger partial charge >= 0.3 is 0 Å². The molecule has 1 aromatic heterocycles. The van der Waals surface area contributed by atoms with E-state index in [9.17, 15) is 0 Å². The summed E-state index contributed by atoms with van der Waals surface area (Å²) in [5.74, 6) is 0. The van der Waals surface area contributed by atoms with Crippen molar-refractivity contribution in [2.75, 3.05) is 5.43 Å². The lowest BCUT2D eigenvalue weighted by atomic mass is 10.1. The molecule has 1 N–H and O–H groups in total. The second-order valence-electron chi connectivity index (χ2n) is 4.54. The molecule has 0 spiro atoms. The number of nitrogens with one attached hydrogen (secondary N) is 1. The molecule has 0 unspecified atom stereocenters. The highest BCUT2D eigenvalue weighted by Gasteiger charge is 2.03. The Morgan fingerprint density at radius 3 is 2.33 bits per heavy atom. The Labute approximate surface area is 108 Å². The lowest BCUT2D eigenvalue weighted by molar-refractivity contribution is 0.790. The zero-order chi connectivity index (χ0) is 13.1. The summed E-state index contributed by atoms with van der Waals surface area (Å²) in [5.41, 5.74) is 8.84. The number of rotatable bonds is 3. The molecule has 0 fully saturated rings. The van der Waals surface area contributed by atoms with Crippen LogP contribution in [0.3, 0.4) is 0 Å². The number of aryl methyl sites for hydroxylation is 3. The summed E-state index contributed by atoms with van der Waals surface area (Å²) >= 11 is 0. The number of hydrogen-bond donors (Lipinski definition) is 1. The molecule has 2 rings (SSSR count). The number of aromatic nitrogens is 1. The average Bonchev–Trinajstić information content (AvgIpc) is 2.68. The maximum absolute atomic E-state index is 8.84. The molecule has 1 heterocycles. The van der Waals surface area contributed by atoms with Crippen LogP contribution in [-0.2, 0) is 6.54 Å². The Balaban J connectivity index is 2.14. The molecule has 0 aliphatic rings. The third-order valence-electron chi connectivity index (χ3n) is 3.17. The van der Waals surface area contributed by atoms with Crippen LogP contribution in [0, 0.1) is 32.1 Å². The van der Waals surface area contributed by atoms with Crippen LogP contribution in [0.5, 0.6) is 0 Å². The SMILES string of the molecule is Cc1cc(C#N)ccc1CNn1c(C)ccc1C. The summed E-state index contributed by atoms with van der Waals surface area (Å²) in [4.78, 5) is 0. The average molecular weight is 239 g/mol. The Hall–Kier alpha value is -2.21. The van der Waals surface area contributed by atoms with E-state index in [1.807, 2.05) is 25.1 Å². The lowest BCUT2D eigenvalue weighted by Crippen LogP contribution is -2.17. The fourth-order valence-electron chi connectivity index (χ4n) is 2.05. The largest absolute Gasteiger partial charge is 0.322 e. The van der Waals surface area contributed by atoms with Crippen molar-refractivity contribution >= 4 is 0 Å². The number of benzene rings is 1. The quantitative estimate of drug-likeness (QED) is 0.894. The second kappa shape index (κ2) is 4.97. The minimum atomic E-state index is 0.713. The molecule has 0 amide bonds. The van der Waals surface area contributed by atoms with E-state index >= 15 is 0 Å². The third kappa shape index (κ3) is 2.38. The van der Waals surface area contributed by atoms with Crippen LogP contribution >= 0.6 is 0 Å². The van der Waals surface area contributed by atoms with Gasteiger partial charge in [0.25, 0.3) is 0 Å². The standard InChI is InChI=1S/C15H17N3/c1-11-8-14(9-16)6-7-15(11)10-17-18-12(2)4-5-13(18)3/h4-8,17H,10H2,1-3H3. The molecule has 3 nitrogen and oxygen atoms in total. The molecule has 92 valence electrons. The highest BCUT2D eigenvalue weighted by molar-refractivity contribution is 5.37. The summed E-state index contributed by atoms with van der Waals surface area (Å²) < 4.78 is 2.08. The van der Waals surface area contributed by atoms with Gasteiger partial charge < -0.3 is 5.43 Å². The van der Waals surface area contributed by atoms with Gasteiger partial charge in [-0.05, 0) is 56.2 Å². The molecule has 0 aliphatic heterocycles. The van der Waals surface area contributed by atoms with Gasteiger partial charge in [-0.1, -0.05) is 6.07 Å². The van der Waals surface area contributed by atoms with Gasteiger partial charge in [0.05, 0.1) is 18.2 Å². The fourth-order valence-corrected chi connectivity index (χ4v) is 2.05. The van der Waals surface area contributed by atoms with Gasteiger partial charge in [-0.25, -0.2) is 0 Å². The molecular weight excluding hydrogens is 222 g/mol. The smallest absolute Gasteiger partial charge is 0.0991 e. The molecular formula is C15H17N3. The van der Waals surface area contributed by atoms with Gasteiger partial charge in [0, 0.05) is 11.4 Å². The molecule has 0 bridgehead atoms. The van der Waals surface area contributed by atoms with Gasteiger partial charge in [-0.15, -0.1) is 0 Å². The minimum absolute atomic E-state index is 0.713. The van der Waals surface area contributed by atoms with E-state index in [-0.39, 0.29) is 0 Å². The third-order valence-corrected chi connectivity index (χ3v) is 3.17. The molecule has 0 radical (unpaired) electrons. The van der Waals surface area contributed by atoms with E-state index < -0.39 is 0 Å². The van der Waals surface area contributed by atoms with Crippen molar-refractivity contribution in [2.45, 2.75) is 27.3 Å². The van der Waals surface area contributed by atoms with Crippen molar-refractivity contribution in [3.8, 4) is 6.07 Å². The maximum Gasteiger partial charge on any atom is 0.0991 e. The predicted molar refractivity (Wildman–Crippen MR) is 72.9 cm³/mol. The highest BCUT2D eigenvalue weighted by atomic mass is 15.4. The van der Waals surface area contributed by atoms with Gasteiger partial charge in [0.1, 0.15) is 0 Å². The van der Waals surface area contributed by atoms with Crippen LogP contribution in [0.15, 0.2) is 30.3 Å². The molecule has 0 aliphatic carbocycles. The molecule has 3 heteroatoms. The minimum Gasteiger partial charge on any atom is -0.322 e. The maximum atomic E-state index is 8.84. The molecule has 0 atom stereocenters. The molecule has 1 aromatic carbocycles. The Kier molecular flexibility index (Phi) is 3.38.